The molecule has 1 aliphatic rings. The highest BCUT2D eigenvalue weighted by atomic mass is 35.5. The Morgan fingerprint density at radius 3 is 2.43 bits per heavy atom. The molecule has 0 saturated heterocycles. The van der Waals surface area contributed by atoms with Crippen LogP contribution in [0.5, 0.6) is 0 Å². The van der Waals surface area contributed by atoms with E-state index in [-0.39, 0.29) is 13.0 Å². The van der Waals surface area contributed by atoms with E-state index in [2.05, 4.69) is 0 Å². The van der Waals surface area contributed by atoms with E-state index in [1.54, 1.807) is 19.1 Å². The van der Waals surface area contributed by atoms with Crippen molar-refractivity contribution in [1.29, 1.82) is 0 Å². The number of ketones is 1. The van der Waals surface area contributed by atoms with Crippen molar-refractivity contribution >= 4 is 29.3 Å². The second-order valence-corrected chi connectivity index (χ2v) is 5.27. The maximum Gasteiger partial charge on any atom is 0.324 e. The molecular formula is C15H15ClO5. The zero-order chi connectivity index (χ0) is 15.6. The summed E-state index contributed by atoms with van der Waals surface area (Å²) in [5.41, 5.74) is -1.09. The first-order valence-electron chi connectivity index (χ1n) is 6.56. The number of hydrogen-bond donors (Lipinski definition) is 0. The summed E-state index contributed by atoms with van der Waals surface area (Å²) in [4.78, 5) is 35.8. The van der Waals surface area contributed by atoms with E-state index in [1.807, 2.05) is 0 Å². The predicted molar refractivity (Wildman–Crippen MR) is 75.0 cm³/mol. The van der Waals surface area contributed by atoms with Gasteiger partial charge in [-0.15, -0.1) is 0 Å². The van der Waals surface area contributed by atoms with E-state index in [1.165, 1.54) is 19.1 Å². The first kappa shape index (κ1) is 15.5. The maximum absolute atomic E-state index is 12.6. The van der Waals surface area contributed by atoms with Gasteiger partial charge in [0, 0.05) is 23.9 Å². The summed E-state index contributed by atoms with van der Waals surface area (Å²) in [6.07, 6.45) is -0.621. The summed E-state index contributed by atoms with van der Waals surface area (Å²) in [6.45, 7) is 3.05. The lowest BCUT2D eigenvalue weighted by Gasteiger charge is -2.14. The molecule has 112 valence electrons. The molecule has 2 rings (SSSR count). The normalized spacial score (nSPS) is 23.3. The van der Waals surface area contributed by atoms with E-state index in [0.717, 1.165) is 0 Å². The molecule has 5 nitrogen and oxygen atoms in total. The number of ether oxygens (including phenoxy) is 2. The molecule has 1 fully saturated rings. The van der Waals surface area contributed by atoms with Crippen molar-refractivity contribution in [3.8, 4) is 0 Å². The molecule has 1 aromatic rings. The molecular weight excluding hydrogens is 296 g/mol. The Morgan fingerprint density at radius 1 is 1.29 bits per heavy atom. The van der Waals surface area contributed by atoms with Crippen molar-refractivity contribution in [2.45, 2.75) is 26.4 Å². The Hall–Kier alpha value is -1.88. The monoisotopic (exact) mass is 310 g/mol. The largest absolute Gasteiger partial charge is 0.465 e. The van der Waals surface area contributed by atoms with Crippen molar-refractivity contribution < 1.29 is 23.9 Å². The second kappa shape index (κ2) is 5.85. The molecule has 1 aliphatic carbocycles. The van der Waals surface area contributed by atoms with Gasteiger partial charge in [-0.1, -0.05) is 11.6 Å². The van der Waals surface area contributed by atoms with Gasteiger partial charge in [0.1, 0.15) is 6.10 Å². The van der Waals surface area contributed by atoms with Crippen molar-refractivity contribution in [3.05, 3.63) is 34.9 Å². The molecule has 0 bridgehead atoms. The molecule has 0 N–H and O–H groups in total. The van der Waals surface area contributed by atoms with Gasteiger partial charge in [0.25, 0.3) is 0 Å². The lowest BCUT2D eigenvalue weighted by atomic mass is 9.94. The van der Waals surface area contributed by atoms with Gasteiger partial charge in [-0.05, 0) is 31.2 Å². The van der Waals surface area contributed by atoms with Crippen LogP contribution < -0.4 is 0 Å². The summed E-state index contributed by atoms with van der Waals surface area (Å²) in [5.74, 6) is -1.60. The molecule has 0 spiro atoms. The fourth-order valence-electron chi connectivity index (χ4n) is 2.24. The Morgan fingerprint density at radius 2 is 1.90 bits per heavy atom. The minimum atomic E-state index is -1.42. The van der Waals surface area contributed by atoms with Gasteiger partial charge in [0.05, 0.1) is 6.61 Å². The molecule has 0 amide bonds. The van der Waals surface area contributed by atoms with Gasteiger partial charge in [0.15, 0.2) is 11.2 Å². The van der Waals surface area contributed by atoms with Crippen LogP contribution in [0.4, 0.5) is 0 Å². The Labute approximate surface area is 127 Å². The van der Waals surface area contributed by atoms with Crippen molar-refractivity contribution in [3.63, 3.8) is 0 Å². The van der Waals surface area contributed by atoms with Crippen LogP contribution in [0.15, 0.2) is 24.3 Å². The van der Waals surface area contributed by atoms with E-state index in [4.69, 9.17) is 21.1 Å². The van der Waals surface area contributed by atoms with Crippen LogP contribution >= 0.6 is 11.6 Å². The number of Topliss-reactive ketones (excluding diaryl/α,β-unsaturated/α-hetero) is 1. The van der Waals surface area contributed by atoms with E-state index < -0.39 is 29.2 Å². The zero-order valence-corrected chi connectivity index (χ0v) is 12.5. The molecule has 0 heterocycles. The van der Waals surface area contributed by atoms with Gasteiger partial charge in [-0.2, -0.15) is 0 Å². The highest BCUT2D eigenvalue weighted by molar-refractivity contribution is 6.30. The molecule has 1 aromatic carbocycles. The van der Waals surface area contributed by atoms with Gasteiger partial charge in [-0.25, -0.2) is 0 Å². The van der Waals surface area contributed by atoms with Crippen LogP contribution in [0.3, 0.4) is 0 Å². The van der Waals surface area contributed by atoms with Crippen LogP contribution in [0.1, 0.15) is 30.6 Å². The highest BCUT2D eigenvalue weighted by Gasteiger charge is 2.69. The number of halogens is 1. The first-order valence-corrected chi connectivity index (χ1v) is 6.94. The van der Waals surface area contributed by atoms with Crippen molar-refractivity contribution in [2.24, 2.45) is 5.41 Å². The van der Waals surface area contributed by atoms with Gasteiger partial charge in [0.2, 0.25) is 0 Å². The standard InChI is InChI=1S/C15H15ClO5/c1-3-20-14(19)15(8-12(15)21-9(2)17)13(18)10-4-6-11(16)7-5-10/h4-7,12H,3,8H2,1-2H3/t12?,15-/m1/s1. The third-order valence-electron chi connectivity index (χ3n) is 3.36. The van der Waals surface area contributed by atoms with Crippen LogP contribution in [0.2, 0.25) is 5.02 Å². The molecule has 0 aromatic heterocycles. The molecule has 1 unspecified atom stereocenters. The topological polar surface area (TPSA) is 69.7 Å². The fraction of sp³-hybridized carbons (Fsp3) is 0.400. The van der Waals surface area contributed by atoms with Crippen LogP contribution in [0.25, 0.3) is 0 Å². The smallest absolute Gasteiger partial charge is 0.324 e. The number of hydrogen-bond acceptors (Lipinski definition) is 5. The van der Waals surface area contributed by atoms with Gasteiger partial charge < -0.3 is 9.47 Å². The fourth-order valence-corrected chi connectivity index (χ4v) is 2.37. The summed E-state index contributed by atoms with van der Waals surface area (Å²) in [5, 5.41) is 0.490. The molecule has 21 heavy (non-hydrogen) atoms. The number of carbonyl (C=O) groups excluding carboxylic acids is 3. The van der Waals surface area contributed by atoms with Crippen LogP contribution in [0, 0.1) is 5.41 Å². The lowest BCUT2D eigenvalue weighted by molar-refractivity contribution is -0.151. The minimum absolute atomic E-state index is 0.146. The van der Waals surface area contributed by atoms with E-state index >= 15 is 0 Å². The predicted octanol–water partition coefficient (Wildman–Crippen LogP) is 2.41. The number of esters is 2. The minimum Gasteiger partial charge on any atom is -0.465 e. The quantitative estimate of drug-likeness (QED) is 0.474. The van der Waals surface area contributed by atoms with E-state index in [0.29, 0.717) is 10.6 Å². The first-order chi connectivity index (χ1) is 9.91. The summed E-state index contributed by atoms with van der Waals surface area (Å²) >= 11 is 5.78. The zero-order valence-electron chi connectivity index (χ0n) is 11.7. The average molecular weight is 311 g/mol. The average Bonchev–Trinajstić information content (AvgIpc) is 3.13. The number of rotatable bonds is 5. The molecule has 2 atom stereocenters. The summed E-state index contributed by atoms with van der Waals surface area (Å²) in [6, 6.07) is 6.21. The molecule has 1 saturated carbocycles. The maximum atomic E-state index is 12.6. The summed E-state index contributed by atoms with van der Waals surface area (Å²) < 4.78 is 9.99. The Bertz CT molecular complexity index is 580. The van der Waals surface area contributed by atoms with Gasteiger partial charge >= 0.3 is 11.9 Å². The molecule has 0 aliphatic heterocycles. The Kier molecular flexibility index (Phi) is 4.32. The van der Waals surface area contributed by atoms with Crippen molar-refractivity contribution in [2.75, 3.05) is 6.61 Å². The number of carbonyl (C=O) groups is 3. The third-order valence-corrected chi connectivity index (χ3v) is 3.61. The molecule has 0 radical (unpaired) electrons. The van der Waals surface area contributed by atoms with Crippen LogP contribution in [-0.2, 0) is 19.1 Å². The highest BCUT2D eigenvalue weighted by Crippen LogP contribution is 2.52. The number of benzene rings is 1. The van der Waals surface area contributed by atoms with Crippen molar-refractivity contribution in [1.82, 2.24) is 0 Å². The summed E-state index contributed by atoms with van der Waals surface area (Å²) in [7, 11) is 0. The lowest BCUT2D eigenvalue weighted by Crippen LogP contribution is -2.32. The Balaban J connectivity index is 2.29. The van der Waals surface area contributed by atoms with E-state index in [9.17, 15) is 14.4 Å². The third kappa shape index (κ3) is 2.93. The molecule has 6 heteroatoms. The second-order valence-electron chi connectivity index (χ2n) is 4.83. The van der Waals surface area contributed by atoms with Crippen LogP contribution in [-0.4, -0.2) is 30.4 Å². The van der Waals surface area contributed by atoms with Gasteiger partial charge in [-0.3, -0.25) is 14.4 Å². The SMILES string of the molecule is CCOC(=O)[C@]1(C(=O)c2ccc(Cl)cc2)CC1OC(C)=O.